The van der Waals surface area contributed by atoms with Crippen molar-refractivity contribution < 1.29 is 32.5 Å². The molecule has 3 unspecified atom stereocenters. The zero-order chi connectivity index (χ0) is 25.2. The molecule has 4 rings (SSSR count). The Labute approximate surface area is 201 Å². The van der Waals surface area contributed by atoms with Gasteiger partial charge < -0.3 is 19.3 Å². The minimum absolute atomic E-state index is 0.168. The zero-order valence-electron chi connectivity index (χ0n) is 19.5. The van der Waals surface area contributed by atoms with Crippen molar-refractivity contribution >= 4 is 0 Å². The van der Waals surface area contributed by atoms with Gasteiger partial charge in [-0.2, -0.15) is 13.2 Å². The molecule has 0 amide bonds. The highest BCUT2D eigenvalue weighted by Crippen LogP contribution is 2.47. The summed E-state index contributed by atoms with van der Waals surface area (Å²) in [5.41, 5.74) is 7.88. The number of halogens is 3. The molecule has 3 aromatic rings. The first kappa shape index (κ1) is 24.7. The van der Waals surface area contributed by atoms with E-state index in [1.807, 2.05) is 31.2 Å². The maximum absolute atomic E-state index is 13.9. The summed E-state index contributed by atoms with van der Waals surface area (Å²) in [7, 11) is 2.88. The van der Waals surface area contributed by atoms with Crippen LogP contribution in [0.3, 0.4) is 0 Å². The molecule has 3 aromatic carbocycles. The zero-order valence-corrected chi connectivity index (χ0v) is 19.5. The van der Waals surface area contributed by atoms with Gasteiger partial charge >= 0.3 is 6.18 Å². The second-order valence-corrected chi connectivity index (χ2v) is 8.42. The summed E-state index contributed by atoms with van der Waals surface area (Å²) in [5.74, 6) is -0.110. The van der Waals surface area contributed by atoms with Gasteiger partial charge in [0.05, 0.1) is 20.3 Å². The van der Waals surface area contributed by atoms with Crippen LogP contribution in [0.4, 0.5) is 13.2 Å². The van der Waals surface area contributed by atoms with E-state index < -0.39 is 24.2 Å². The van der Waals surface area contributed by atoms with Gasteiger partial charge in [0.2, 0.25) is 0 Å². The average molecular weight is 489 g/mol. The Hall–Kier alpha value is -3.43. The fourth-order valence-corrected chi connectivity index (χ4v) is 4.28. The molecule has 1 fully saturated rings. The molecule has 0 radical (unpaired) electrons. The Morgan fingerprint density at radius 2 is 1.60 bits per heavy atom. The van der Waals surface area contributed by atoms with Crippen LogP contribution in [0.2, 0.25) is 0 Å². The quantitative estimate of drug-likeness (QED) is 0.427. The number of aromatic hydroxyl groups is 1. The van der Waals surface area contributed by atoms with E-state index in [1.54, 1.807) is 24.3 Å². The number of ether oxygens (including phenoxy) is 3. The normalized spacial score (nSPS) is 20.0. The van der Waals surface area contributed by atoms with E-state index in [4.69, 9.17) is 14.2 Å². The summed E-state index contributed by atoms with van der Waals surface area (Å²) in [5, 5.41) is 10.7. The Morgan fingerprint density at radius 3 is 2.23 bits per heavy atom. The lowest BCUT2D eigenvalue weighted by Gasteiger charge is -2.26. The molecule has 186 valence electrons. The number of alkyl halides is 3. The average Bonchev–Trinajstić information content (AvgIpc) is 3.29. The third-order valence-electron chi connectivity index (χ3n) is 6.12. The molecule has 0 saturated carbocycles. The molecule has 35 heavy (non-hydrogen) atoms. The van der Waals surface area contributed by atoms with Gasteiger partial charge in [-0.3, -0.25) is 0 Å². The maximum Gasteiger partial charge on any atom is 0.405 e. The van der Waals surface area contributed by atoms with E-state index in [1.165, 1.54) is 26.4 Å². The molecule has 0 spiro atoms. The highest BCUT2D eigenvalue weighted by atomic mass is 19.4. The van der Waals surface area contributed by atoms with Crippen molar-refractivity contribution in [2.45, 2.75) is 37.7 Å². The first-order valence-electron chi connectivity index (χ1n) is 11.0. The number of hydrogen-bond acceptors (Lipinski definition) is 6. The largest absolute Gasteiger partial charge is 0.507 e. The van der Waals surface area contributed by atoms with Crippen LogP contribution in [0.5, 0.6) is 23.0 Å². The number of rotatable bonds is 7. The number of nitrogens with one attached hydrogen (secondary N) is 2. The summed E-state index contributed by atoms with van der Waals surface area (Å²) < 4.78 is 58.1. The highest BCUT2D eigenvalue weighted by Gasteiger charge is 2.52. The van der Waals surface area contributed by atoms with E-state index in [0.29, 0.717) is 35.0 Å². The Balaban J connectivity index is 1.62. The van der Waals surface area contributed by atoms with Crippen LogP contribution < -0.4 is 25.1 Å². The number of benzene rings is 3. The van der Waals surface area contributed by atoms with Crippen LogP contribution in [0.1, 0.15) is 34.2 Å². The summed E-state index contributed by atoms with van der Waals surface area (Å²) >= 11 is 0. The maximum atomic E-state index is 13.9. The van der Waals surface area contributed by atoms with Crippen LogP contribution in [0.15, 0.2) is 60.7 Å². The lowest BCUT2D eigenvalue weighted by Crippen LogP contribution is -2.43. The standard InChI is InChI=1S/C26H27F3N2O4/c1-15-4-6-16(7-5-15)14-35-18-9-10-19(20(32)13-18)24-23(25(31-30-24)26(27,28)29)17-8-11-21(33-2)22(12-17)34-3/h4-13,23-25,30-32H,14H2,1-3H3. The molecule has 0 aromatic heterocycles. The molecule has 0 bridgehead atoms. The molecule has 9 heteroatoms. The molecule has 6 nitrogen and oxygen atoms in total. The molecule has 1 aliphatic rings. The molecular formula is C26H27F3N2O4. The van der Waals surface area contributed by atoms with Gasteiger partial charge in [-0.15, -0.1) is 0 Å². The third kappa shape index (κ3) is 5.31. The SMILES string of the molecule is COc1ccc(C2C(c3ccc(OCc4ccc(C)cc4)cc3O)NNC2C(F)(F)F)cc1OC. The smallest absolute Gasteiger partial charge is 0.405 e. The molecule has 3 N–H and O–H groups in total. The van der Waals surface area contributed by atoms with E-state index in [0.717, 1.165) is 11.1 Å². The Kier molecular flexibility index (Phi) is 7.09. The minimum atomic E-state index is -4.54. The van der Waals surface area contributed by atoms with Crippen molar-refractivity contribution in [2.75, 3.05) is 14.2 Å². The number of aryl methyl sites for hydroxylation is 1. The molecule has 1 heterocycles. The number of phenolic OH excluding ortho intramolecular Hbond substituents is 1. The molecular weight excluding hydrogens is 461 g/mol. The first-order chi connectivity index (χ1) is 16.7. The van der Waals surface area contributed by atoms with Crippen LogP contribution >= 0.6 is 0 Å². The second-order valence-electron chi connectivity index (χ2n) is 8.42. The van der Waals surface area contributed by atoms with E-state index >= 15 is 0 Å². The van der Waals surface area contributed by atoms with E-state index in [2.05, 4.69) is 10.9 Å². The second kappa shape index (κ2) is 10.1. The fraction of sp³-hybridized carbons (Fsp3) is 0.308. The first-order valence-corrected chi connectivity index (χ1v) is 11.0. The summed E-state index contributed by atoms with van der Waals surface area (Å²) in [6, 6.07) is 14.4. The van der Waals surface area contributed by atoms with Crippen molar-refractivity contribution in [1.82, 2.24) is 10.9 Å². The third-order valence-corrected chi connectivity index (χ3v) is 6.12. The van der Waals surface area contributed by atoms with E-state index in [-0.39, 0.29) is 5.75 Å². The topological polar surface area (TPSA) is 72.0 Å². The van der Waals surface area contributed by atoms with Gasteiger partial charge in [0.15, 0.2) is 11.5 Å². The Bertz CT molecular complexity index is 1170. The monoisotopic (exact) mass is 488 g/mol. The summed E-state index contributed by atoms with van der Waals surface area (Å²) in [6.07, 6.45) is -4.54. The number of phenols is 1. The highest BCUT2D eigenvalue weighted by molar-refractivity contribution is 5.48. The predicted octanol–water partition coefficient (Wildman–Crippen LogP) is 5.16. The van der Waals surface area contributed by atoms with Gasteiger partial charge in [-0.1, -0.05) is 42.0 Å². The molecule has 0 aliphatic carbocycles. The number of hydrazine groups is 1. The summed E-state index contributed by atoms with van der Waals surface area (Å²) in [6.45, 7) is 2.29. The lowest BCUT2D eigenvalue weighted by atomic mass is 9.83. The van der Waals surface area contributed by atoms with E-state index in [9.17, 15) is 18.3 Å². The van der Waals surface area contributed by atoms with Crippen LogP contribution in [-0.2, 0) is 6.61 Å². The van der Waals surface area contributed by atoms with Gasteiger partial charge in [0.1, 0.15) is 24.1 Å². The van der Waals surface area contributed by atoms with Gasteiger partial charge in [-0.25, -0.2) is 10.9 Å². The van der Waals surface area contributed by atoms with Crippen molar-refractivity contribution in [1.29, 1.82) is 0 Å². The number of methoxy groups -OCH3 is 2. The molecule has 3 atom stereocenters. The van der Waals surface area contributed by atoms with Gasteiger partial charge in [0.25, 0.3) is 0 Å². The number of hydrogen-bond donors (Lipinski definition) is 3. The van der Waals surface area contributed by atoms with Gasteiger partial charge in [-0.05, 0) is 36.2 Å². The van der Waals surface area contributed by atoms with Crippen molar-refractivity contribution in [3.63, 3.8) is 0 Å². The summed E-state index contributed by atoms with van der Waals surface area (Å²) in [4.78, 5) is 0. The molecule has 1 aliphatic heterocycles. The van der Waals surface area contributed by atoms with Crippen molar-refractivity contribution in [3.8, 4) is 23.0 Å². The van der Waals surface area contributed by atoms with Crippen molar-refractivity contribution in [3.05, 3.63) is 82.9 Å². The van der Waals surface area contributed by atoms with Gasteiger partial charge in [0, 0.05) is 17.5 Å². The van der Waals surface area contributed by atoms with Crippen LogP contribution in [-0.4, -0.2) is 31.5 Å². The predicted molar refractivity (Wildman–Crippen MR) is 125 cm³/mol. The Morgan fingerprint density at radius 1 is 0.886 bits per heavy atom. The van der Waals surface area contributed by atoms with Crippen LogP contribution in [0, 0.1) is 6.92 Å². The minimum Gasteiger partial charge on any atom is -0.507 e. The lowest BCUT2D eigenvalue weighted by molar-refractivity contribution is -0.156. The molecule has 1 saturated heterocycles. The van der Waals surface area contributed by atoms with Crippen molar-refractivity contribution in [2.24, 2.45) is 0 Å². The van der Waals surface area contributed by atoms with Crippen LogP contribution in [0.25, 0.3) is 0 Å². The fourth-order valence-electron chi connectivity index (χ4n) is 4.28.